The zero-order valence-electron chi connectivity index (χ0n) is 14.5. The molecule has 1 aliphatic heterocycles. The number of nitrogens with one attached hydrogen (secondary N) is 1. The van der Waals surface area contributed by atoms with Crippen LogP contribution in [0.3, 0.4) is 0 Å². The summed E-state index contributed by atoms with van der Waals surface area (Å²) < 4.78 is 1.56. The number of fused-ring (bicyclic) bond motifs is 1. The third kappa shape index (κ3) is 5.03. The van der Waals surface area contributed by atoms with Gasteiger partial charge in [-0.05, 0) is 30.0 Å². The van der Waals surface area contributed by atoms with Crippen LogP contribution in [-0.2, 0) is 24.3 Å². The Bertz CT molecular complexity index is 769. The third-order valence-corrected chi connectivity index (χ3v) is 4.66. The Balaban J connectivity index is 1.33. The molecular weight excluding hydrogens is 314 g/mol. The van der Waals surface area contributed by atoms with E-state index in [2.05, 4.69) is 34.5 Å². The van der Waals surface area contributed by atoms with Crippen molar-refractivity contribution in [1.29, 1.82) is 0 Å². The molecule has 2 aromatic rings. The van der Waals surface area contributed by atoms with E-state index < -0.39 is 0 Å². The normalized spacial score (nSPS) is 14.1. The molecule has 0 unspecified atom stereocenters. The SMILES string of the molecule is O=C(CCn1ccccc1=O)NCCCN1CCc2ccccc2C1. The molecule has 5 heteroatoms. The number of amides is 1. The van der Waals surface area contributed by atoms with Crippen LogP contribution in [-0.4, -0.2) is 35.0 Å². The molecule has 2 heterocycles. The first-order valence-corrected chi connectivity index (χ1v) is 8.94. The van der Waals surface area contributed by atoms with E-state index in [4.69, 9.17) is 0 Å². The molecule has 0 radical (unpaired) electrons. The monoisotopic (exact) mass is 339 g/mol. The topological polar surface area (TPSA) is 54.3 Å². The number of carbonyl (C=O) groups is 1. The van der Waals surface area contributed by atoms with Crippen molar-refractivity contribution < 1.29 is 4.79 Å². The molecule has 25 heavy (non-hydrogen) atoms. The van der Waals surface area contributed by atoms with Crippen LogP contribution in [0.1, 0.15) is 24.0 Å². The van der Waals surface area contributed by atoms with Crippen LogP contribution in [0.2, 0.25) is 0 Å². The van der Waals surface area contributed by atoms with Gasteiger partial charge in [0, 0.05) is 51.4 Å². The summed E-state index contributed by atoms with van der Waals surface area (Å²) in [6, 6.07) is 13.6. The molecule has 132 valence electrons. The van der Waals surface area contributed by atoms with E-state index in [1.165, 1.54) is 17.2 Å². The molecule has 0 bridgehead atoms. The average molecular weight is 339 g/mol. The van der Waals surface area contributed by atoms with Crippen LogP contribution in [0.15, 0.2) is 53.5 Å². The van der Waals surface area contributed by atoms with E-state index in [0.29, 0.717) is 19.5 Å². The summed E-state index contributed by atoms with van der Waals surface area (Å²) in [5.41, 5.74) is 2.81. The highest BCUT2D eigenvalue weighted by molar-refractivity contribution is 5.75. The van der Waals surface area contributed by atoms with Gasteiger partial charge in [-0.25, -0.2) is 0 Å². The lowest BCUT2D eigenvalue weighted by Crippen LogP contribution is -2.34. The molecule has 1 amide bonds. The van der Waals surface area contributed by atoms with Crippen molar-refractivity contribution in [1.82, 2.24) is 14.8 Å². The summed E-state index contributed by atoms with van der Waals surface area (Å²) in [6.45, 7) is 4.19. The number of carbonyl (C=O) groups excluding carboxylic acids is 1. The van der Waals surface area contributed by atoms with Gasteiger partial charge < -0.3 is 9.88 Å². The lowest BCUT2D eigenvalue weighted by atomic mass is 10.00. The number of pyridine rings is 1. The second kappa shape index (κ2) is 8.62. The third-order valence-electron chi connectivity index (χ3n) is 4.66. The van der Waals surface area contributed by atoms with Crippen molar-refractivity contribution in [3.8, 4) is 0 Å². The summed E-state index contributed by atoms with van der Waals surface area (Å²) >= 11 is 0. The first kappa shape index (κ1) is 17.4. The maximum absolute atomic E-state index is 11.9. The second-order valence-corrected chi connectivity index (χ2v) is 6.48. The maximum Gasteiger partial charge on any atom is 0.250 e. The molecule has 0 aliphatic carbocycles. The lowest BCUT2D eigenvalue weighted by molar-refractivity contribution is -0.121. The predicted octanol–water partition coefficient (Wildman–Crippen LogP) is 1.80. The number of nitrogens with zero attached hydrogens (tertiary/aromatic N) is 2. The molecule has 0 atom stereocenters. The number of rotatable bonds is 7. The van der Waals surface area contributed by atoms with Crippen LogP contribution < -0.4 is 10.9 Å². The summed E-state index contributed by atoms with van der Waals surface area (Å²) in [7, 11) is 0. The Labute approximate surface area is 148 Å². The number of hydrogen-bond acceptors (Lipinski definition) is 3. The maximum atomic E-state index is 11.9. The highest BCUT2D eigenvalue weighted by Gasteiger charge is 2.14. The number of hydrogen-bond donors (Lipinski definition) is 1. The summed E-state index contributed by atoms with van der Waals surface area (Å²) in [5.74, 6) is -0.000238. The minimum absolute atomic E-state index is 0.000238. The second-order valence-electron chi connectivity index (χ2n) is 6.48. The van der Waals surface area contributed by atoms with Gasteiger partial charge >= 0.3 is 0 Å². The summed E-state index contributed by atoms with van der Waals surface area (Å²) in [5, 5.41) is 2.95. The molecule has 3 rings (SSSR count). The number of aromatic nitrogens is 1. The number of aryl methyl sites for hydroxylation is 1. The Morgan fingerprint density at radius 2 is 1.84 bits per heavy atom. The Morgan fingerprint density at radius 1 is 1.04 bits per heavy atom. The predicted molar refractivity (Wildman–Crippen MR) is 98.4 cm³/mol. The highest BCUT2D eigenvalue weighted by atomic mass is 16.1. The summed E-state index contributed by atoms with van der Waals surface area (Å²) in [6.07, 6.45) is 4.10. The van der Waals surface area contributed by atoms with Gasteiger partial charge in [0.2, 0.25) is 5.91 Å². The van der Waals surface area contributed by atoms with E-state index in [0.717, 1.165) is 32.5 Å². The smallest absolute Gasteiger partial charge is 0.250 e. The van der Waals surface area contributed by atoms with Crippen LogP contribution >= 0.6 is 0 Å². The van der Waals surface area contributed by atoms with Crippen LogP contribution in [0.5, 0.6) is 0 Å². The first-order chi connectivity index (χ1) is 12.2. The van der Waals surface area contributed by atoms with Crippen molar-refractivity contribution in [3.05, 3.63) is 70.1 Å². The minimum atomic E-state index is -0.0688. The van der Waals surface area contributed by atoms with Crippen molar-refractivity contribution in [3.63, 3.8) is 0 Å². The van der Waals surface area contributed by atoms with Gasteiger partial charge in [0.05, 0.1) is 0 Å². The Hall–Kier alpha value is -2.40. The summed E-state index contributed by atoms with van der Waals surface area (Å²) in [4.78, 5) is 25.9. The number of benzene rings is 1. The molecule has 0 fully saturated rings. The highest BCUT2D eigenvalue weighted by Crippen LogP contribution is 2.18. The van der Waals surface area contributed by atoms with E-state index in [1.807, 2.05) is 0 Å². The fourth-order valence-corrected chi connectivity index (χ4v) is 3.23. The van der Waals surface area contributed by atoms with Gasteiger partial charge in [0.1, 0.15) is 0 Å². The molecule has 1 aromatic heterocycles. The molecule has 5 nitrogen and oxygen atoms in total. The molecule has 1 aromatic carbocycles. The van der Waals surface area contributed by atoms with Crippen LogP contribution in [0, 0.1) is 0 Å². The van der Waals surface area contributed by atoms with Gasteiger partial charge in [0.15, 0.2) is 0 Å². The van der Waals surface area contributed by atoms with Crippen molar-refractivity contribution in [2.24, 2.45) is 0 Å². The molecule has 0 saturated carbocycles. The standard InChI is InChI=1S/C20H25N3O2/c24-19(10-15-23-13-4-3-8-20(23)25)21-11-5-12-22-14-9-17-6-1-2-7-18(17)16-22/h1-4,6-8,13H,5,9-12,14-16H2,(H,21,24). The molecule has 1 N–H and O–H groups in total. The Kier molecular flexibility index (Phi) is 6.01. The van der Waals surface area contributed by atoms with E-state index in [-0.39, 0.29) is 11.5 Å². The van der Waals surface area contributed by atoms with Gasteiger partial charge in [-0.1, -0.05) is 30.3 Å². The zero-order valence-corrected chi connectivity index (χ0v) is 14.5. The first-order valence-electron chi connectivity index (χ1n) is 8.94. The zero-order chi connectivity index (χ0) is 17.5. The van der Waals surface area contributed by atoms with Crippen molar-refractivity contribution in [2.75, 3.05) is 19.6 Å². The van der Waals surface area contributed by atoms with Gasteiger partial charge in [-0.2, -0.15) is 0 Å². The van der Waals surface area contributed by atoms with E-state index in [9.17, 15) is 9.59 Å². The lowest BCUT2D eigenvalue weighted by Gasteiger charge is -2.28. The van der Waals surface area contributed by atoms with E-state index >= 15 is 0 Å². The van der Waals surface area contributed by atoms with Gasteiger partial charge in [0.25, 0.3) is 5.56 Å². The molecule has 0 saturated heterocycles. The molecule has 0 spiro atoms. The van der Waals surface area contributed by atoms with Crippen LogP contribution in [0.4, 0.5) is 0 Å². The minimum Gasteiger partial charge on any atom is -0.356 e. The fourth-order valence-electron chi connectivity index (χ4n) is 3.23. The van der Waals surface area contributed by atoms with E-state index in [1.54, 1.807) is 22.9 Å². The quantitative estimate of drug-likeness (QED) is 0.783. The largest absolute Gasteiger partial charge is 0.356 e. The van der Waals surface area contributed by atoms with Crippen molar-refractivity contribution >= 4 is 5.91 Å². The molecular formula is C20H25N3O2. The average Bonchev–Trinajstić information content (AvgIpc) is 2.64. The van der Waals surface area contributed by atoms with Gasteiger partial charge in [-0.15, -0.1) is 0 Å². The van der Waals surface area contributed by atoms with Crippen LogP contribution in [0.25, 0.3) is 0 Å². The van der Waals surface area contributed by atoms with Crippen molar-refractivity contribution in [2.45, 2.75) is 32.4 Å². The van der Waals surface area contributed by atoms with Gasteiger partial charge in [-0.3, -0.25) is 14.5 Å². The molecule has 1 aliphatic rings. The Morgan fingerprint density at radius 3 is 2.68 bits per heavy atom. The fraction of sp³-hybridized carbons (Fsp3) is 0.400.